The SMILES string of the molecule is COc1ccc([N+](=O)[O-])cc1NC(=O)C(C)OC(=O)CC1c2ccccc2CCN1S(=O)(=O)c1ccc(F)cc1. The van der Waals surface area contributed by atoms with Gasteiger partial charge in [0, 0.05) is 18.7 Å². The van der Waals surface area contributed by atoms with Crippen molar-refractivity contribution in [2.45, 2.75) is 36.8 Å². The van der Waals surface area contributed by atoms with Crippen LogP contribution in [0, 0.1) is 15.9 Å². The Bertz CT molecular complexity index is 1550. The molecule has 3 aromatic rings. The monoisotopic (exact) mass is 571 g/mol. The van der Waals surface area contributed by atoms with Crippen LogP contribution >= 0.6 is 0 Å². The summed E-state index contributed by atoms with van der Waals surface area (Å²) in [7, 11) is -2.78. The number of nitro groups is 1. The van der Waals surface area contributed by atoms with Crippen molar-refractivity contribution >= 4 is 33.3 Å². The van der Waals surface area contributed by atoms with Gasteiger partial charge < -0.3 is 14.8 Å². The maximum atomic E-state index is 13.5. The number of rotatable bonds is 9. The third kappa shape index (κ3) is 6.10. The van der Waals surface area contributed by atoms with Crippen LogP contribution in [-0.4, -0.2) is 49.3 Å². The van der Waals surface area contributed by atoms with Gasteiger partial charge in [-0.05, 0) is 54.8 Å². The molecule has 40 heavy (non-hydrogen) atoms. The molecule has 1 N–H and O–H groups in total. The molecular formula is C27H26FN3O8S. The summed E-state index contributed by atoms with van der Waals surface area (Å²) in [6, 6.07) is 14.2. The number of nitrogens with one attached hydrogen (secondary N) is 1. The lowest BCUT2D eigenvalue weighted by Crippen LogP contribution is -2.41. The van der Waals surface area contributed by atoms with Crippen LogP contribution in [-0.2, 0) is 30.8 Å². The Morgan fingerprint density at radius 3 is 2.52 bits per heavy atom. The Labute approximate surface area is 229 Å². The minimum atomic E-state index is -4.11. The van der Waals surface area contributed by atoms with E-state index >= 15 is 0 Å². The number of ether oxygens (including phenoxy) is 2. The van der Waals surface area contributed by atoms with Crippen molar-refractivity contribution in [1.29, 1.82) is 0 Å². The molecule has 0 aromatic heterocycles. The van der Waals surface area contributed by atoms with E-state index in [1.54, 1.807) is 12.1 Å². The van der Waals surface area contributed by atoms with Crippen molar-refractivity contribution in [2.75, 3.05) is 19.0 Å². The van der Waals surface area contributed by atoms with Crippen LogP contribution in [0.2, 0.25) is 0 Å². The molecule has 0 saturated carbocycles. The predicted molar refractivity (Wildman–Crippen MR) is 142 cm³/mol. The van der Waals surface area contributed by atoms with Crippen molar-refractivity contribution in [3.05, 3.63) is 93.8 Å². The summed E-state index contributed by atoms with van der Waals surface area (Å²) in [4.78, 5) is 36.2. The fourth-order valence-electron chi connectivity index (χ4n) is 4.47. The standard InChI is InChI=1S/C27H26FN3O8S/c1-17(27(33)29-23-15-20(31(34)35)9-12-25(23)38-2)39-26(32)16-24-22-6-4-3-5-18(22)13-14-30(24)40(36,37)21-10-7-19(28)8-11-21/h3-12,15,17,24H,13-14,16H2,1-2H3,(H,29,33). The lowest BCUT2D eigenvalue weighted by atomic mass is 9.92. The van der Waals surface area contributed by atoms with Gasteiger partial charge in [-0.15, -0.1) is 0 Å². The van der Waals surface area contributed by atoms with Crippen LogP contribution in [0.4, 0.5) is 15.8 Å². The summed E-state index contributed by atoms with van der Waals surface area (Å²) < 4.78 is 52.1. The molecule has 1 heterocycles. The maximum absolute atomic E-state index is 13.5. The third-order valence-electron chi connectivity index (χ3n) is 6.47. The van der Waals surface area contributed by atoms with E-state index < -0.39 is 51.2 Å². The Morgan fingerprint density at radius 2 is 1.85 bits per heavy atom. The molecule has 13 heteroatoms. The molecule has 2 unspecified atom stereocenters. The first kappa shape index (κ1) is 28.6. The number of nitro benzene ring substituents is 1. The molecule has 4 rings (SSSR count). The van der Waals surface area contributed by atoms with Crippen LogP contribution in [0.5, 0.6) is 5.75 Å². The number of sulfonamides is 1. The molecule has 1 amide bonds. The lowest BCUT2D eigenvalue weighted by molar-refractivity contribution is -0.384. The van der Waals surface area contributed by atoms with Crippen molar-refractivity contribution in [1.82, 2.24) is 4.31 Å². The molecule has 0 spiro atoms. The third-order valence-corrected chi connectivity index (χ3v) is 8.40. The minimum Gasteiger partial charge on any atom is -0.495 e. The van der Waals surface area contributed by atoms with Gasteiger partial charge in [-0.1, -0.05) is 24.3 Å². The smallest absolute Gasteiger partial charge is 0.308 e. The molecule has 0 fully saturated rings. The first-order valence-electron chi connectivity index (χ1n) is 12.2. The Balaban J connectivity index is 1.53. The molecule has 1 aliphatic rings. The Hall–Kier alpha value is -4.36. The fraction of sp³-hybridized carbons (Fsp3) is 0.259. The molecule has 2 atom stereocenters. The quantitative estimate of drug-likeness (QED) is 0.231. The Morgan fingerprint density at radius 1 is 1.15 bits per heavy atom. The number of nitrogens with zero attached hydrogens (tertiary/aromatic N) is 2. The summed E-state index contributed by atoms with van der Waals surface area (Å²) in [5, 5.41) is 13.6. The van der Waals surface area contributed by atoms with Crippen molar-refractivity contribution in [3.63, 3.8) is 0 Å². The molecule has 0 aliphatic carbocycles. The molecular weight excluding hydrogens is 545 g/mol. The first-order valence-corrected chi connectivity index (χ1v) is 13.6. The summed E-state index contributed by atoms with van der Waals surface area (Å²) in [6.07, 6.45) is -1.31. The van der Waals surface area contributed by atoms with Crippen LogP contribution in [0.3, 0.4) is 0 Å². The van der Waals surface area contributed by atoms with Crippen LogP contribution in [0.15, 0.2) is 71.6 Å². The van der Waals surface area contributed by atoms with E-state index in [0.717, 1.165) is 35.9 Å². The highest BCUT2D eigenvalue weighted by Crippen LogP contribution is 2.37. The summed E-state index contributed by atoms with van der Waals surface area (Å²) in [5.41, 5.74) is 1.23. The highest BCUT2D eigenvalue weighted by molar-refractivity contribution is 7.89. The summed E-state index contributed by atoms with van der Waals surface area (Å²) >= 11 is 0. The molecule has 1 aliphatic heterocycles. The van der Waals surface area contributed by atoms with Gasteiger partial charge in [-0.3, -0.25) is 19.7 Å². The molecule has 0 bridgehead atoms. The highest BCUT2D eigenvalue weighted by atomic mass is 32.2. The van der Waals surface area contributed by atoms with Crippen LogP contribution in [0.25, 0.3) is 0 Å². The van der Waals surface area contributed by atoms with E-state index in [0.29, 0.717) is 12.0 Å². The molecule has 0 radical (unpaired) electrons. The van der Waals surface area contributed by atoms with Gasteiger partial charge in [-0.2, -0.15) is 4.31 Å². The van der Waals surface area contributed by atoms with E-state index in [4.69, 9.17) is 9.47 Å². The maximum Gasteiger partial charge on any atom is 0.308 e. The number of carbonyl (C=O) groups is 2. The number of esters is 1. The zero-order valence-electron chi connectivity index (χ0n) is 21.6. The van der Waals surface area contributed by atoms with E-state index in [1.807, 2.05) is 12.1 Å². The second-order valence-corrected chi connectivity index (χ2v) is 10.9. The first-order chi connectivity index (χ1) is 19.0. The summed E-state index contributed by atoms with van der Waals surface area (Å²) in [6.45, 7) is 1.40. The average molecular weight is 572 g/mol. The van der Waals surface area contributed by atoms with Crippen molar-refractivity contribution in [2.24, 2.45) is 0 Å². The number of hydrogen-bond acceptors (Lipinski definition) is 8. The lowest BCUT2D eigenvalue weighted by Gasteiger charge is -2.36. The normalized spacial score (nSPS) is 15.9. The van der Waals surface area contributed by atoms with Gasteiger partial charge in [0.15, 0.2) is 6.10 Å². The van der Waals surface area contributed by atoms with Gasteiger partial charge in [-0.25, -0.2) is 12.8 Å². The van der Waals surface area contributed by atoms with Gasteiger partial charge in [0.1, 0.15) is 11.6 Å². The zero-order chi connectivity index (χ0) is 29.0. The molecule has 3 aromatic carbocycles. The number of methoxy groups -OCH3 is 1. The van der Waals surface area contributed by atoms with E-state index in [-0.39, 0.29) is 28.6 Å². The number of hydrogen-bond donors (Lipinski definition) is 1. The van der Waals surface area contributed by atoms with Crippen molar-refractivity contribution < 1.29 is 36.8 Å². The molecule has 11 nitrogen and oxygen atoms in total. The van der Waals surface area contributed by atoms with Gasteiger partial charge in [0.25, 0.3) is 11.6 Å². The number of benzene rings is 3. The van der Waals surface area contributed by atoms with Gasteiger partial charge in [0.2, 0.25) is 10.0 Å². The van der Waals surface area contributed by atoms with Crippen LogP contribution in [0.1, 0.15) is 30.5 Å². The fourth-order valence-corrected chi connectivity index (χ4v) is 6.07. The number of amides is 1. The van der Waals surface area contributed by atoms with Crippen LogP contribution < -0.4 is 10.1 Å². The molecule has 210 valence electrons. The number of non-ortho nitro benzene ring substituents is 1. The summed E-state index contributed by atoms with van der Waals surface area (Å²) in [5.74, 6) is -2.03. The number of fused-ring (bicyclic) bond motifs is 1. The minimum absolute atomic E-state index is 0.0161. The van der Waals surface area contributed by atoms with E-state index in [1.165, 1.54) is 30.5 Å². The number of halogens is 1. The Kier molecular flexibility index (Phi) is 8.45. The van der Waals surface area contributed by atoms with E-state index in [9.17, 15) is 32.5 Å². The zero-order valence-corrected chi connectivity index (χ0v) is 22.4. The largest absolute Gasteiger partial charge is 0.495 e. The number of carbonyl (C=O) groups excluding carboxylic acids is 2. The number of anilines is 1. The van der Waals surface area contributed by atoms with E-state index in [2.05, 4.69) is 5.32 Å². The predicted octanol–water partition coefficient (Wildman–Crippen LogP) is 3.99. The molecule has 0 saturated heterocycles. The van der Waals surface area contributed by atoms with Crippen molar-refractivity contribution in [3.8, 4) is 5.75 Å². The average Bonchev–Trinajstić information content (AvgIpc) is 2.93. The highest BCUT2D eigenvalue weighted by Gasteiger charge is 2.38. The second kappa shape index (κ2) is 11.8. The second-order valence-electron chi connectivity index (χ2n) is 9.00. The topological polar surface area (TPSA) is 145 Å². The van der Waals surface area contributed by atoms with Gasteiger partial charge >= 0.3 is 5.97 Å². The van der Waals surface area contributed by atoms with Gasteiger partial charge in [0.05, 0.1) is 35.1 Å².